The molecule has 25 heavy (non-hydrogen) atoms. The van der Waals surface area contributed by atoms with Crippen LogP contribution in [0.25, 0.3) is 0 Å². The molecule has 0 radical (unpaired) electrons. The molecular weight excluding hydrogens is 466 g/mol. The highest BCUT2D eigenvalue weighted by atomic mass is 127. The van der Waals surface area contributed by atoms with Gasteiger partial charge in [-0.05, 0) is 38.4 Å². The molecule has 1 aliphatic carbocycles. The Kier molecular flexibility index (Phi) is 9.66. The topological polar surface area (TPSA) is 45.7 Å². The third-order valence-electron chi connectivity index (χ3n) is 5.12. The SMILES string of the molecule is CN=C(NCC1(SC)CCOCC1)NC1CCCC(C(F)(F)F)C1.I. The first-order valence-electron chi connectivity index (χ1n) is 8.55. The Bertz CT molecular complexity index is 431. The minimum Gasteiger partial charge on any atom is -0.381 e. The van der Waals surface area contributed by atoms with Gasteiger partial charge in [-0.2, -0.15) is 24.9 Å². The van der Waals surface area contributed by atoms with E-state index >= 15 is 0 Å². The Labute approximate surface area is 169 Å². The van der Waals surface area contributed by atoms with Gasteiger partial charge in [-0.3, -0.25) is 4.99 Å². The van der Waals surface area contributed by atoms with Crippen molar-refractivity contribution in [1.82, 2.24) is 10.6 Å². The maximum absolute atomic E-state index is 12.9. The Morgan fingerprint density at radius 3 is 2.52 bits per heavy atom. The van der Waals surface area contributed by atoms with Gasteiger partial charge in [0.1, 0.15) is 0 Å². The zero-order chi connectivity index (χ0) is 17.6. The number of halogens is 4. The summed E-state index contributed by atoms with van der Waals surface area (Å²) in [4.78, 5) is 4.19. The monoisotopic (exact) mass is 495 g/mol. The molecule has 0 spiro atoms. The molecule has 0 bridgehead atoms. The first-order chi connectivity index (χ1) is 11.4. The first kappa shape index (κ1) is 23.1. The second kappa shape index (κ2) is 10.4. The van der Waals surface area contributed by atoms with Crippen LogP contribution in [-0.2, 0) is 4.74 Å². The highest BCUT2D eigenvalue weighted by Crippen LogP contribution is 2.37. The van der Waals surface area contributed by atoms with E-state index in [1.807, 2.05) is 11.8 Å². The van der Waals surface area contributed by atoms with Crippen LogP contribution < -0.4 is 10.6 Å². The van der Waals surface area contributed by atoms with Crippen LogP contribution in [0.5, 0.6) is 0 Å². The molecule has 2 rings (SSSR count). The summed E-state index contributed by atoms with van der Waals surface area (Å²) in [6, 6.07) is -0.170. The second-order valence-corrected chi connectivity index (χ2v) is 7.95. The van der Waals surface area contributed by atoms with Crippen molar-refractivity contribution in [3.05, 3.63) is 0 Å². The standard InChI is InChI=1S/C16H28F3N3OS.HI/c1-20-14(21-11-15(24-2)6-8-23-9-7-15)22-13-5-3-4-12(10-13)16(17,18)19;/h12-13H,3-11H2,1-2H3,(H2,20,21,22);1H. The van der Waals surface area contributed by atoms with E-state index in [-0.39, 0.29) is 47.6 Å². The largest absolute Gasteiger partial charge is 0.391 e. The lowest BCUT2D eigenvalue weighted by atomic mass is 9.85. The van der Waals surface area contributed by atoms with Crippen molar-refractivity contribution >= 4 is 41.7 Å². The van der Waals surface area contributed by atoms with E-state index in [1.54, 1.807) is 7.05 Å². The molecule has 2 N–H and O–H groups in total. The minimum atomic E-state index is -4.09. The van der Waals surface area contributed by atoms with E-state index in [0.717, 1.165) is 39.0 Å². The molecule has 1 aliphatic heterocycles. The number of hydrogen-bond acceptors (Lipinski definition) is 3. The van der Waals surface area contributed by atoms with Crippen LogP contribution >= 0.6 is 35.7 Å². The number of hydrogen-bond donors (Lipinski definition) is 2. The maximum Gasteiger partial charge on any atom is 0.391 e. The van der Waals surface area contributed by atoms with Gasteiger partial charge in [-0.1, -0.05) is 6.42 Å². The number of thioether (sulfide) groups is 1. The van der Waals surface area contributed by atoms with Gasteiger partial charge in [0.15, 0.2) is 5.96 Å². The van der Waals surface area contributed by atoms with E-state index in [9.17, 15) is 13.2 Å². The zero-order valence-electron chi connectivity index (χ0n) is 14.8. The third-order valence-corrected chi connectivity index (χ3v) is 6.54. The van der Waals surface area contributed by atoms with Gasteiger partial charge in [0.05, 0.1) is 5.92 Å². The Morgan fingerprint density at radius 2 is 1.96 bits per heavy atom. The minimum absolute atomic E-state index is 0. The van der Waals surface area contributed by atoms with Crippen LogP contribution in [-0.4, -0.2) is 56.0 Å². The molecule has 0 aromatic heterocycles. The Morgan fingerprint density at radius 1 is 1.28 bits per heavy atom. The fraction of sp³-hybridized carbons (Fsp3) is 0.938. The predicted molar refractivity (Wildman–Crippen MR) is 108 cm³/mol. The van der Waals surface area contributed by atoms with Gasteiger partial charge in [0.2, 0.25) is 0 Å². The molecule has 2 aliphatic rings. The number of alkyl halides is 3. The fourth-order valence-electron chi connectivity index (χ4n) is 3.45. The number of nitrogens with one attached hydrogen (secondary N) is 2. The van der Waals surface area contributed by atoms with Gasteiger partial charge < -0.3 is 15.4 Å². The average Bonchev–Trinajstić information content (AvgIpc) is 2.59. The lowest BCUT2D eigenvalue weighted by Gasteiger charge is -2.37. The van der Waals surface area contributed by atoms with E-state index < -0.39 is 12.1 Å². The third kappa shape index (κ3) is 6.97. The fourth-order valence-corrected chi connectivity index (χ4v) is 4.24. The van der Waals surface area contributed by atoms with E-state index in [1.165, 1.54) is 0 Å². The summed E-state index contributed by atoms with van der Waals surface area (Å²) < 4.78 is 44.3. The summed E-state index contributed by atoms with van der Waals surface area (Å²) in [5.41, 5.74) is 0. The summed E-state index contributed by atoms with van der Waals surface area (Å²) in [6.45, 7) is 2.25. The van der Waals surface area contributed by atoms with Gasteiger partial charge in [-0.25, -0.2) is 0 Å². The van der Waals surface area contributed by atoms with Crippen LogP contribution in [0.4, 0.5) is 13.2 Å². The van der Waals surface area contributed by atoms with Crippen molar-refractivity contribution in [2.24, 2.45) is 10.9 Å². The van der Waals surface area contributed by atoms with Gasteiger partial charge >= 0.3 is 6.18 Å². The normalized spacial score (nSPS) is 27.3. The van der Waals surface area contributed by atoms with Crippen LogP contribution in [0, 0.1) is 5.92 Å². The molecule has 1 saturated carbocycles. The van der Waals surface area contributed by atoms with Crippen molar-refractivity contribution in [2.75, 3.05) is 33.1 Å². The van der Waals surface area contributed by atoms with Crippen molar-refractivity contribution in [3.8, 4) is 0 Å². The second-order valence-electron chi connectivity index (χ2n) is 6.67. The highest BCUT2D eigenvalue weighted by Gasteiger charge is 2.42. The number of rotatable bonds is 4. The molecule has 2 atom stereocenters. The Hall–Kier alpha value is 0.1000. The van der Waals surface area contributed by atoms with Crippen molar-refractivity contribution in [3.63, 3.8) is 0 Å². The van der Waals surface area contributed by atoms with Crippen LogP contribution in [0.2, 0.25) is 0 Å². The number of aliphatic imine (C=N–C) groups is 1. The maximum atomic E-state index is 12.9. The number of ether oxygens (including phenoxy) is 1. The zero-order valence-corrected chi connectivity index (χ0v) is 18.0. The summed E-state index contributed by atoms with van der Waals surface area (Å²) >= 11 is 1.82. The number of nitrogens with zero attached hydrogens (tertiary/aromatic N) is 1. The Balaban J connectivity index is 0.00000312. The molecular formula is C16H29F3IN3OS. The molecule has 148 valence electrons. The molecule has 0 aromatic carbocycles. The summed E-state index contributed by atoms with van der Waals surface area (Å²) in [5, 5.41) is 6.50. The molecule has 2 unspecified atom stereocenters. The molecule has 2 fully saturated rings. The van der Waals surface area contributed by atoms with Crippen molar-refractivity contribution in [2.45, 2.75) is 55.5 Å². The average molecular weight is 495 g/mol. The van der Waals surface area contributed by atoms with Crippen LogP contribution in [0.1, 0.15) is 38.5 Å². The summed E-state index contributed by atoms with van der Waals surface area (Å²) in [6.07, 6.45) is 1.67. The van der Waals surface area contributed by atoms with Crippen LogP contribution in [0.15, 0.2) is 4.99 Å². The molecule has 1 heterocycles. The first-order valence-corrected chi connectivity index (χ1v) is 9.78. The van der Waals surface area contributed by atoms with Gasteiger partial charge in [-0.15, -0.1) is 24.0 Å². The lowest BCUT2D eigenvalue weighted by molar-refractivity contribution is -0.183. The van der Waals surface area contributed by atoms with Crippen molar-refractivity contribution in [1.29, 1.82) is 0 Å². The van der Waals surface area contributed by atoms with Gasteiger partial charge in [0.25, 0.3) is 0 Å². The molecule has 4 nitrogen and oxygen atoms in total. The molecule has 1 saturated heterocycles. The number of guanidine groups is 1. The van der Waals surface area contributed by atoms with Crippen LogP contribution in [0.3, 0.4) is 0 Å². The van der Waals surface area contributed by atoms with E-state index in [2.05, 4.69) is 21.9 Å². The lowest BCUT2D eigenvalue weighted by Crippen LogP contribution is -2.51. The van der Waals surface area contributed by atoms with E-state index in [0.29, 0.717) is 12.4 Å². The molecule has 0 aromatic rings. The smallest absolute Gasteiger partial charge is 0.381 e. The quantitative estimate of drug-likeness (QED) is 0.354. The van der Waals surface area contributed by atoms with E-state index in [4.69, 9.17) is 4.74 Å². The molecule has 9 heteroatoms. The summed E-state index contributed by atoms with van der Waals surface area (Å²) in [7, 11) is 1.66. The highest BCUT2D eigenvalue weighted by molar-refractivity contribution is 14.0. The van der Waals surface area contributed by atoms with Crippen molar-refractivity contribution < 1.29 is 17.9 Å². The predicted octanol–water partition coefficient (Wildman–Crippen LogP) is 3.80. The van der Waals surface area contributed by atoms with Gasteiger partial charge in [0, 0.05) is 37.6 Å². The molecule has 0 amide bonds. The summed E-state index contributed by atoms with van der Waals surface area (Å²) in [5.74, 6) is -0.599.